The van der Waals surface area contributed by atoms with Crippen molar-refractivity contribution in [2.75, 3.05) is 6.54 Å². The molecule has 0 aliphatic carbocycles. The van der Waals surface area contributed by atoms with E-state index in [4.69, 9.17) is 0 Å². The van der Waals surface area contributed by atoms with Crippen molar-refractivity contribution in [2.24, 2.45) is 0 Å². The summed E-state index contributed by atoms with van der Waals surface area (Å²) in [6.07, 6.45) is 3.98. The summed E-state index contributed by atoms with van der Waals surface area (Å²) in [7, 11) is 0. The van der Waals surface area contributed by atoms with Crippen LogP contribution in [0.2, 0.25) is 0 Å². The lowest BCUT2D eigenvalue weighted by Crippen LogP contribution is -2.46. The molecule has 100 valence electrons. The van der Waals surface area contributed by atoms with Crippen LogP contribution in [-0.4, -0.2) is 29.1 Å². The first-order chi connectivity index (χ1) is 8.58. The summed E-state index contributed by atoms with van der Waals surface area (Å²) in [5.41, 5.74) is 0.760. The normalized spacial score (nSPS) is 24.2. The smallest absolute Gasteiger partial charge is 0.268 e. The average molecular weight is 249 g/mol. The lowest BCUT2D eigenvalue weighted by molar-refractivity contribution is 0.0914. The van der Waals surface area contributed by atoms with Gasteiger partial charge in [-0.15, -0.1) is 0 Å². The highest BCUT2D eigenvalue weighted by atomic mass is 16.2. The van der Waals surface area contributed by atoms with E-state index in [-0.39, 0.29) is 5.91 Å². The zero-order valence-corrected chi connectivity index (χ0v) is 11.4. The molecule has 0 saturated carbocycles. The largest absolute Gasteiger partial charge is 0.348 e. The molecular formula is C14H23N3O. The Hall–Kier alpha value is -1.29. The molecule has 2 heterocycles. The summed E-state index contributed by atoms with van der Waals surface area (Å²) in [4.78, 5) is 12.3. The minimum atomic E-state index is 0.0489. The van der Waals surface area contributed by atoms with Crippen molar-refractivity contribution in [3.05, 3.63) is 24.0 Å². The Morgan fingerprint density at radius 1 is 1.56 bits per heavy atom. The number of rotatable bonds is 3. The molecule has 2 unspecified atom stereocenters. The second kappa shape index (κ2) is 5.57. The highest BCUT2D eigenvalue weighted by Crippen LogP contribution is 2.13. The zero-order valence-electron chi connectivity index (χ0n) is 11.4. The summed E-state index contributed by atoms with van der Waals surface area (Å²) in [5.74, 6) is 0.0489. The number of hydrogen-bond acceptors (Lipinski definition) is 2. The first-order valence-corrected chi connectivity index (χ1v) is 6.79. The van der Waals surface area contributed by atoms with E-state index in [0.717, 1.165) is 25.1 Å². The Labute approximate surface area is 109 Å². The van der Waals surface area contributed by atoms with Gasteiger partial charge in [0.15, 0.2) is 0 Å². The molecule has 4 heteroatoms. The topological polar surface area (TPSA) is 46.1 Å². The Morgan fingerprint density at radius 3 is 3.00 bits per heavy atom. The molecule has 1 aromatic rings. The van der Waals surface area contributed by atoms with E-state index in [1.165, 1.54) is 0 Å². The summed E-state index contributed by atoms with van der Waals surface area (Å²) in [5, 5.41) is 6.54. The van der Waals surface area contributed by atoms with E-state index in [2.05, 4.69) is 31.4 Å². The van der Waals surface area contributed by atoms with Crippen LogP contribution in [0.15, 0.2) is 18.3 Å². The van der Waals surface area contributed by atoms with Gasteiger partial charge in [0.05, 0.1) is 0 Å². The molecule has 1 amide bonds. The summed E-state index contributed by atoms with van der Waals surface area (Å²) < 4.78 is 2.01. The minimum absolute atomic E-state index is 0.0489. The maximum Gasteiger partial charge on any atom is 0.268 e. The second-order valence-corrected chi connectivity index (χ2v) is 5.44. The Bertz CT molecular complexity index is 411. The molecule has 2 N–H and O–H groups in total. The molecule has 2 rings (SSSR count). The number of carbonyl (C=O) groups is 1. The van der Waals surface area contributed by atoms with Crippen molar-refractivity contribution >= 4 is 5.91 Å². The first-order valence-electron chi connectivity index (χ1n) is 6.79. The number of nitrogens with one attached hydrogen (secondary N) is 2. The van der Waals surface area contributed by atoms with Crippen LogP contribution in [0.4, 0.5) is 0 Å². The van der Waals surface area contributed by atoms with Crippen LogP contribution < -0.4 is 10.6 Å². The Morgan fingerprint density at radius 2 is 2.33 bits per heavy atom. The number of hydrogen-bond donors (Lipinski definition) is 2. The molecule has 18 heavy (non-hydrogen) atoms. The molecule has 1 aliphatic heterocycles. The van der Waals surface area contributed by atoms with Crippen LogP contribution in [-0.2, 0) is 0 Å². The van der Waals surface area contributed by atoms with Crippen LogP contribution in [0.5, 0.6) is 0 Å². The van der Waals surface area contributed by atoms with Crippen molar-refractivity contribution in [3.8, 4) is 0 Å². The molecule has 4 nitrogen and oxygen atoms in total. The van der Waals surface area contributed by atoms with E-state index < -0.39 is 0 Å². The van der Waals surface area contributed by atoms with Gasteiger partial charge in [0.1, 0.15) is 5.69 Å². The fourth-order valence-electron chi connectivity index (χ4n) is 2.56. The van der Waals surface area contributed by atoms with Crippen LogP contribution in [0.25, 0.3) is 0 Å². The lowest BCUT2D eigenvalue weighted by Gasteiger charge is -2.28. The standard InChI is InChI=1S/C14H23N3O/c1-10(2)17-8-4-5-13(17)14(18)16-12-6-7-15-11(3)9-12/h4-5,8,10-12,15H,6-7,9H2,1-3H3,(H,16,18). The second-order valence-electron chi connectivity index (χ2n) is 5.44. The number of nitrogens with zero attached hydrogens (tertiary/aromatic N) is 1. The first kappa shape index (κ1) is 13.1. The average Bonchev–Trinajstić information content (AvgIpc) is 2.77. The molecule has 0 radical (unpaired) electrons. The SMILES string of the molecule is CC1CC(NC(=O)c2cccn2C(C)C)CCN1. The van der Waals surface area contributed by atoms with Gasteiger partial charge in [-0.05, 0) is 52.3 Å². The van der Waals surface area contributed by atoms with Crippen molar-refractivity contribution in [2.45, 2.75) is 51.7 Å². The van der Waals surface area contributed by atoms with Gasteiger partial charge < -0.3 is 15.2 Å². The predicted molar refractivity (Wildman–Crippen MR) is 72.8 cm³/mol. The van der Waals surface area contributed by atoms with Gasteiger partial charge >= 0.3 is 0 Å². The van der Waals surface area contributed by atoms with Crippen molar-refractivity contribution in [1.29, 1.82) is 0 Å². The maximum atomic E-state index is 12.3. The highest BCUT2D eigenvalue weighted by molar-refractivity contribution is 5.93. The van der Waals surface area contributed by atoms with Gasteiger partial charge in [-0.1, -0.05) is 0 Å². The third kappa shape index (κ3) is 2.93. The van der Waals surface area contributed by atoms with Crippen LogP contribution in [0.3, 0.4) is 0 Å². The van der Waals surface area contributed by atoms with Crippen LogP contribution in [0.1, 0.15) is 50.1 Å². The van der Waals surface area contributed by atoms with Crippen LogP contribution in [0, 0.1) is 0 Å². The van der Waals surface area contributed by atoms with E-state index in [1.54, 1.807) is 0 Å². The van der Waals surface area contributed by atoms with E-state index >= 15 is 0 Å². The summed E-state index contributed by atoms with van der Waals surface area (Å²) in [6, 6.07) is 4.91. The Balaban J connectivity index is 2.01. The number of carbonyl (C=O) groups excluding carboxylic acids is 1. The molecule has 1 aromatic heterocycles. The van der Waals surface area contributed by atoms with Gasteiger partial charge in [0, 0.05) is 24.3 Å². The summed E-state index contributed by atoms with van der Waals surface area (Å²) in [6.45, 7) is 7.32. The molecule has 1 fully saturated rings. The fraction of sp³-hybridized carbons (Fsp3) is 0.643. The highest BCUT2D eigenvalue weighted by Gasteiger charge is 2.21. The van der Waals surface area contributed by atoms with E-state index in [1.807, 2.05) is 22.9 Å². The van der Waals surface area contributed by atoms with Gasteiger partial charge in [0.25, 0.3) is 5.91 Å². The van der Waals surface area contributed by atoms with Crippen molar-refractivity contribution in [1.82, 2.24) is 15.2 Å². The third-order valence-corrected chi connectivity index (χ3v) is 3.53. The zero-order chi connectivity index (χ0) is 13.1. The Kier molecular flexibility index (Phi) is 4.07. The molecule has 0 aromatic carbocycles. The quantitative estimate of drug-likeness (QED) is 0.860. The van der Waals surface area contributed by atoms with E-state index in [0.29, 0.717) is 18.1 Å². The third-order valence-electron chi connectivity index (χ3n) is 3.53. The molecule has 2 atom stereocenters. The molecule has 0 bridgehead atoms. The molecular weight excluding hydrogens is 226 g/mol. The van der Waals surface area contributed by atoms with Gasteiger partial charge in [-0.3, -0.25) is 4.79 Å². The van der Waals surface area contributed by atoms with Gasteiger partial charge in [0.2, 0.25) is 0 Å². The number of piperidine rings is 1. The molecule has 1 aliphatic rings. The molecule has 1 saturated heterocycles. The maximum absolute atomic E-state index is 12.3. The predicted octanol–water partition coefficient (Wildman–Crippen LogP) is 1.94. The van der Waals surface area contributed by atoms with E-state index in [9.17, 15) is 4.79 Å². The fourth-order valence-corrected chi connectivity index (χ4v) is 2.56. The van der Waals surface area contributed by atoms with Gasteiger partial charge in [-0.2, -0.15) is 0 Å². The minimum Gasteiger partial charge on any atom is -0.348 e. The molecule has 0 spiro atoms. The summed E-state index contributed by atoms with van der Waals surface area (Å²) >= 11 is 0. The lowest BCUT2D eigenvalue weighted by atomic mass is 10.0. The number of aromatic nitrogens is 1. The monoisotopic (exact) mass is 249 g/mol. The number of amides is 1. The van der Waals surface area contributed by atoms with Gasteiger partial charge in [-0.25, -0.2) is 0 Å². The van der Waals surface area contributed by atoms with Crippen LogP contribution >= 0.6 is 0 Å². The van der Waals surface area contributed by atoms with Crippen molar-refractivity contribution < 1.29 is 4.79 Å². The van der Waals surface area contributed by atoms with Crippen molar-refractivity contribution in [3.63, 3.8) is 0 Å².